The van der Waals surface area contributed by atoms with Crippen molar-refractivity contribution in [2.75, 3.05) is 11.4 Å². The standard InChI is InChI=1S/C14H14N4O4S/c15-23(21,22)12-7-13(19)17(9-12)11-6-14(20)18(16-8-11)10-4-2-1-3-5-10/h1-6,8,12H,7,9H2,(H2,15,21,22). The number of para-hydroxylation sites is 1. The van der Waals surface area contributed by atoms with Crippen molar-refractivity contribution >= 4 is 21.6 Å². The van der Waals surface area contributed by atoms with Crippen LogP contribution in [-0.2, 0) is 14.8 Å². The summed E-state index contributed by atoms with van der Waals surface area (Å²) in [4.78, 5) is 25.4. The minimum Gasteiger partial charge on any atom is -0.309 e. The van der Waals surface area contributed by atoms with Crippen molar-refractivity contribution < 1.29 is 13.2 Å². The minimum absolute atomic E-state index is 0.0753. The van der Waals surface area contributed by atoms with Gasteiger partial charge in [0.15, 0.2) is 0 Å². The molecule has 1 aromatic heterocycles. The van der Waals surface area contributed by atoms with Crippen LogP contribution < -0.4 is 15.6 Å². The van der Waals surface area contributed by atoms with Crippen molar-refractivity contribution in [2.45, 2.75) is 11.7 Å². The highest BCUT2D eigenvalue weighted by molar-refractivity contribution is 7.89. The van der Waals surface area contributed by atoms with Crippen LogP contribution >= 0.6 is 0 Å². The van der Waals surface area contributed by atoms with Crippen molar-refractivity contribution in [3.05, 3.63) is 52.9 Å². The first kappa shape index (κ1) is 15.4. The van der Waals surface area contributed by atoms with Crippen LogP contribution in [0, 0.1) is 0 Å². The van der Waals surface area contributed by atoms with Crippen LogP contribution in [0.5, 0.6) is 0 Å². The molecule has 23 heavy (non-hydrogen) atoms. The molecule has 2 heterocycles. The third-order valence-corrected chi connectivity index (χ3v) is 4.90. The predicted molar refractivity (Wildman–Crippen MR) is 83.7 cm³/mol. The lowest BCUT2D eigenvalue weighted by molar-refractivity contribution is -0.117. The highest BCUT2D eigenvalue weighted by Crippen LogP contribution is 2.22. The van der Waals surface area contributed by atoms with E-state index in [2.05, 4.69) is 5.10 Å². The number of carbonyl (C=O) groups is 1. The van der Waals surface area contributed by atoms with Crippen LogP contribution in [0.3, 0.4) is 0 Å². The van der Waals surface area contributed by atoms with Crippen LogP contribution in [0.1, 0.15) is 6.42 Å². The second-order valence-corrected chi connectivity index (χ2v) is 7.06. The van der Waals surface area contributed by atoms with E-state index < -0.39 is 26.7 Å². The summed E-state index contributed by atoms with van der Waals surface area (Å²) >= 11 is 0. The SMILES string of the molecule is NS(=O)(=O)C1CC(=O)N(c2cnn(-c3ccccc3)c(=O)c2)C1. The number of hydrogen-bond donors (Lipinski definition) is 1. The van der Waals surface area contributed by atoms with Crippen LogP contribution in [0.15, 0.2) is 47.4 Å². The van der Waals surface area contributed by atoms with Crippen molar-refractivity contribution in [1.82, 2.24) is 9.78 Å². The Morgan fingerprint density at radius 2 is 1.83 bits per heavy atom. The zero-order valence-electron chi connectivity index (χ0n) is 12.0. The lowest BCUT2D eigenvalue weighted by Gasteiger charge is -2.16. The number of primary sulfonamides is 1. The molecular weight excluding hydrogens is 320 g/mol. The monoisotopic (exact) mass is 334 g/mol. The molecular formula is C14H14N4O4S. The maximum Gasteiger partial charge on any atom is 0.273 e. The van der Waals surface area contributed by atoms with Gasteiger partial charge >= 0.3 is 0 Å². The molecule has 1 unspecified atom stereocenters. The summed E-state index contributed by atoms with van der Waals surface area (Å²) < 4.78 is 24.0. The van der Waals surface area contributed by atoms with E-state index >= 15 is 0 Å². The highest BCUT2D eigenvalue weighted by atomic mass is 32.2. The smallest absolute Gasteiger partial charge is 0.273 e. The molecule has 8 nitrogen and oxygen atoms in total. The molecule has 0 saturated carbocycles. The Morgan fingerprint density at radius 1 is 1.13 bits per heavy atom. The molecule has 1 atom stereocenters. The molecule has 9 heteroatoms. The Morgan fingerprint density at radius 3 is 2.39 bits per heavy atom. The molecule has 1 saturated heterocycles. The average Bonchev–Trinajstić information content (AvgIpc) is 2.90. The van der Waals surface area contributed by atoms with E-state index in [9.17, 15) is 18.0 Å². The number of amides is 1. The second-order valence-electron chi connectivity index (χ2n) is 5.22. The largest absolute Gasteiger partial charge is 0.309 e. The Bertz CT molecular complexity index is 908. The number of anilines is 1. The summed E-state index contributed by atoms with van der Waals surface area (Å²) in [6, 6.07) is 10.1. The lowest BCUT2D eigenvalue weighted by atomic mass is 10.3. The van der Waals surface area contributed by atoms with Crippen molar-refractivity contribution in [3.8, 4) is 5.69 Å². The van der Waals surface area contributed by atoms with Gasteiger partial charge in [-0.25, -0.2) is 13.6 Å². The van der Waals surface area contributed by atoms with E-state index in [-0.39, 0.29) is 18.7 Å². The van der Waals surface area contributed by atoms with Gasteiger partial charge in [-0.2, -0.15) is 9.78 Å². The predicted octanol–water partition coefficient (Wildman–Crippen LogP) is -0.374. The third-order valence-electron chi connectivity index (χ3n) is 3.65. The molecule has 0 spiro atoms. The molecule has 2 N–H and O–H groups in total. The maximum absolute atomic E-state index is 12.2. The molecule has 0 bridgehead atoms. The summed E-state index contributed by atoms with van der Waals surface area (Å²) in [5.41, 5.74) is 0.443. The first-order valence-corrected chi connectivity index (χ1v) is 8.44. The average molecular weight is 334 g/mol. The number of benzene rings is 1. The Labute approximate surface area is 132 Å². The third kappa shape index (κ3) is 3.01. The normalized spacial score (nSPS) is 18.4. The quantitative estimate of drug-likeness (QED) is 0.822. The fourth-order valence-corrected chi connectivity index (χ4v) is 3.19. The van der Waals surface area contributed by atoms with Gasteiger partial charge in [-0.15, -0.1) is 0 Å². The van der Waals surface area contributed by atoms with E-state index in [0.717, 1.165) is 0 Å². The molecule has 3 rings (SSSR count). The number of aromatic nitrogens is 2. The summed E-state index contributed by atoms with van der Waals surface area (Å²) in [6.45, 7) is -0.0753. The van der Waals surface area contributed by atoms with Gasteiger partial charge in [-0.05, 0) is 12.1 Å². The number of rotatable bonds is 3. The molecule has 0 radical (unpaired) electrons. The number of nitrogens with two attached hydrogens (primary N) is 1. The number of carbonyl (C=O) groups excluding carboxylic acids is 1. The molecule has 1 fully saturated rings. The zero-order valence-corrected chi connectivity index (χ0v) is 12.8. The fourth-order valence-electron chi connectivity index (χ4n) is 2.45. The van der Waals surface area contributed by atoms with E-state index in [1.807, 2.05) is 6.07 Å². The van der Waals surface area contributed by atoms with Crippen molar-refractivity contribution in [3.63, 3.8) is 0 Å². The number of hydrogen-bond acceptors (Lipinski definition) is 5. The van der Waals surface area contributed by atoms with E-state index in [1.54, 1.807) is 24.3 Å². The lowest BCUT2D eigenvalue weighted by Crippen LogP contribution is -2.33. The van der Waals surface area contributed by atoms with Gasteiger partial charge in [0.2, 0.25) is 15.9 Å². The number of nitrogens with zero attached hydrogens (tertiary/aromatic N) is 3. The Hall–Kier alpha value is -2.52. The first-order valence-electron chi connectivity index (χ1n) is 6.83. The number of sulfonamides is 1. The van der Waals surface area contributed by atoms with Gasteiger partial charge in [0.05, 0.1) is 17.6 Å². The molecule has 2 aromatic rings. The van der Waals surface area contributed by atoms with Gasteiger partial charge < -0.3 is 4.90 Å². The molecule has 1 aliphatic heterocycles. The van der Waals surface area contributed by atoms with Crippen LogP contribution in [0.2, 0.25) is 0 Å². The van der Waals surface area contributed by atoms with Crippen LogP contribution in [-0.4, -0.2) is 35.9 Å². The fraction of sp³-hybridized carbons (Fsp3) is 0.214. The molecule has 1 aliphatic rings. The molecule has 120 valence electrons. The maximum atomic E-state index is 12.2. The van der Waals surface area contributed by atoms with Gasteiger partial charge in [0, 0.05) is 19.0 Å². The minimum atomic E-state index is -3.80. The van der Waals surface area contributed by atoms with Gasteiger partial charge in [0.25, 0.3) is 5.56 Å². The highest BCUT2D eigenvalue weighted by Gasteiger charge is 2.37. The first-order chi connectivity index (χ1) is 10.9. The van der Waals surface area contributed by atoms with Crippen LogP contribution in [0.25, 0.3) is 5.69 Å². The summed E-state index contributed by atoms with van der Waals surface area (Å²) in [5, 5.41) is 8.16. The summed E-state index contributed by atoms with van der Waals surface area (Å²) in [7, 11) is -3.80. The Kier molecular flexibility index (Phi) is 3.74. The summed E-state index contributed by atoms with van der Waals surface area (Å²) in [5.74, 6) is -0.400. The topological polar surface area (TPSA) is 115 Å². The van der Waals surface area contributed by atoms with Gasteiger partial charge in [-0.1, -0.05) is 18.2 Å². The molecule has 1 aromatic carbocycles. The van der Waals surface area contributed by atoms with E-state index in [1.165, 1.54) is 21.8 Å². The van der Waals surface area contributed by atoms with E-state index in [0.29, 0.717) is 5.69 Å². The molecule has 0 aliphatic carbocycles. The van der Waals surface area contributed by atoms with Gasteiger partial charge in [-0.3, -0.25) is 9.59 Å². The Balaban J connectivity index is 1.93. The van der Waals surface area contributed by atoms with Gasteiger partial charge in [0.1, 0.15) is 5.25 Å². The summed E-state index contributed by atoms with van der Waals surface area (Å²) in [6.07, 6.45) is 1.17. The van der Waals surface area contributed by atoms with Crippen LogP contribution in [0.4, 0.5) is 5.69 Å². The van der Waals surface area contributed by atoms with Crippen molar-refractivity contribution in [2.24, 2.45) is 5.14 Å². The van der Waals surface area contributed by atoms with E-state index in [4.69, 9.17) is 5.14 Å². The molecule has 1 amide bonds. The van der Waals surface area contributed by atoms with Crippen molar-refractivity contribution in [1.29, 1.82) is 0 Å². The zero-order chi connectivity index (χ0) is 16.6. The second kappa shape index (κ2) is 5.60.